The summed E-state index contributed by atoms with van der Waals surface area (Å²) in [5, 5.41) is 12.1. The van der Waals surface area contributed by atoms with Crippen molar-refractivity contribution in [1.82, 2.24) is 19.6 Å². The smallest absolute Gasteiger partial charge is 0.326 e. The number of benzene rings is 1. The summed E-state index contributed by atoms with van der Waals surface area (Å²) in [4.78, 5) is 44.8. The Morgan fingerprint density at radius 2 is 1.93 bits per heavy atom. The molecule has 0 bridgehead atoms. The number of carbonyl (C=O) groups is 3. The number of carboxylic acid groups (broad SMARTS) is 1. The highest BCUT2D eigenvalue weighted by atomic mass is 32.2. The zero-order valence-corrected chi connectivity index (χ0v) is 17.5. The van der Waals surface area contributed by atoms with Gasteiger partial charge in [-0.3, -0.25) is 13.9 Å². The van der Waals surface area contributed by atoms with Crippen molar-refractivity contribution < 1.29 is 19.5 Å². The molecule has 2 rings (SSSR count). The van der Waals surface area contributed by atoms with Crippen molar-refractivity contribution in [3.63, 3.8) is 0 Å². The van der Waals surface area contributed by atoms with E-state index in [0.29, 0.717) is 12.1 Å². The average molecular weight is 419 g/mol. The molecule has 1 heterocycles. The van der Waals surface area contributed by atoms with Crippen LogP contribution in [0, 0.1) is 5.92 Å². The monoisotopic (exact) mass is 418 g/mol. The normalized spacial score (nSPS) is 13.0. The highest BCUT2D eigenvalue weighted by molar-refractivity contribution is 7.97. The molecule has 2 amide bonds. The molecule has 29 heavy (non-hydrogen) atoms. The number of amides is 2. The average Bonchev–Trinajstić information content (AvgIpc) is 3.17. The number of nitrogens with zero attached hydrogens (tertiary/aromatic N) is 2. The molecule has 156 valence electrons. The second kappa shape index (κ2) is 10.7. The van der Waals surface area contributed by atoms with E-state index in [-0.39, 0.29) is 18.2 Å². The van der Waals surface area contributed by atoms with Crippen molar-refractivity contribution in [3.05, 3.63) is 48.5 Å². The number of hydrogen-bond donors (Lipinski definition) is 3. The van der Waals surface area contributed by atoms with Crippen LogP contribution in [0.2, 0.25) is 0 Å². The van der Waals surface area contributed by atoms with E-state index in [0.717, 1.165) is 16.8 Å². The highest BCUT2D eigenvalue weighted by Crippen LogP contribution is 2.26. The molecule has 1 aromatic heterocycles. The molecule has 0 spiro atoms. The predicted octanol–water partition coefficient (Wildman–Crippen LogP) is 2.49. The van der Waals surface area contributed by atoms with Crippen LogP contribution in [0.5, 0.6) is 0 Å². The number of aliphatic carboxylic acids is 1. The van der Waals surface area contributed by atoms with Gasteiger partial charge in [0.1, 0.15) is 12.1 Å². The Bertz CT molecular complexity index is 811. The van der Waals surface area contributed by atoms with Crippen molar-refractivity contribution in [2.75, 3.05) is 0 Å². The fourth-order valence-corrected chi connectivity index (χ4v) is 3.72. The summed E-state index contributed by atoms with van der Waals surface area (Å²) in [5.41, 5.74) is 0.598. The SMILES string of the molecule is CC(=O)N(Sc1ccccc1)[C@@H](Cc1c[nH]cn1)C(=O)N[C@@H](CC(C)C)C(=O)O. The molecule has 0 radical (unpaired) electrons. The second-order valence-electron chi connectivity index (χ2n) is 7.06. The number of nitrogens with one attached hydrogen (secondary N) is 2. The molecule has 2 aromatic rings. The van der Waals surface area contributed by atoms with E-state index in [1.165, 1.54) is 17.6 Å². The van der Waals surface area contributed by atoms with Crippen LogP contribution in [0.3, 0.4) is 0 Å². The number of hydrogen-bond acceptors (Lipinski definition) is 5. The number of aromatic nitrogens is 2. The minimum Gasteiger partial charge on any atom is -0.480 e. The highest BCUT2D eigenvalue weighted by Gasteiger charge is 2.33. The quantitative estimate of drug-likeness (QED) is 0.511. The second-order valence-corrected chi connectivity index (χ2v) is 8.11. The Labute approximate surface area is 174 Å². The Morgan fingerprint density at radius 3 is 2.45 bits per heavy atom. The number of carboxylic acids is 1. The first-order valence-corrected chi connectivity index (χ1v) is 10.1. The van der Waals surface area contributed by atoms with Gasteiger partial charge in [0, 0.05) is 24.4 Å². The zero-order valence-electron chi connectivity index (χ0n) is 16.7. The van der Waals surface area contributed by atoms with Gasteiger partial charge >= 0.3 is 5.97 Å². The van der Waals surface area contributed by atoms with Crippen molar-refractivity contribution >= 4 is 29.7 Å². The maximum Gasteiger partial charge on any atom is 0.326 e. The summed E-state index contributed by atoms with van der Waals surface area (Å²) < 4.78 is 1.37. The summed E-state index contributed by atoms with van der Waals surface area (Å²) in [6.45, 7) is 5.15. The van der Waals surface area contributed by atoms with Gasteiger partial charge in [-0.15, -0.1) is 0 Å². The van der Waals surface area contributed by atoms with Crippen LogP contribution in [0.4, 0.5) is 0 Å². The van der Waals surface area contributed by atoms with Gasteiger partial charge in [0.25, 0.3) is 0 Å². The molecule has 2 atom stereocenters. The molecular formula is C20H26N4O4S. The Hall–Kier alpha value is -2.81. The maximum absolute atomic E-state index is 13.1. The van der Waals surface area contributed by atoms with Crippen LogP contribution in [0.15, 0.2) is 47.8 Å². The van der Waals surface area contributed by atoms with E-state index >= 15 is 0 Å². The first kappa shape index (κ1) is 22.5. The third-order valence-corrected chi connectivity index (χ3v) is 5.31. The van der Waals surface area contributed by atoms with Gasteiger partial charge in [-0.1, -0.05) is 32.0 Å². The van der Waals surface area contributed by atoms with Crippen LogP contribution in [-0.4, -0.2) is 49.2 Å². The fourth-order valence-electron chi connectivity index (χ4n) is 2.79. The Kier molecular flexibility index (Phi) is 8.26. The van der Waals surface area contributed by atoms with Crippen LogP contribution >= 0.6 is 11.9 Å². The minimum atomic E-state index is -1.10. The zero-order chi connectivity index (χ0) is 21.4. The van der Waals surface area contributed by atoms with Gasteiger partial charge in [0.2, 0.25) is 11.8 Å². The van der Waals surface area contributed by atoms with E-state index in [4.69, 9.17) is 0 Å². The summed E-state index contributed by atoms with van der Waals surface area (Å²) in [7, 11) is 0. The van der Waals surface area contributed by atoms with E-state index < -0.39 is 24.0 Å². The minimum absolute atomic E-state index is 0.0868. The van der Waals surface area contributed by atoms with Crippen molar-refractivity contribution in [2.24, 2.45) is 5.92 Å². The number of H-pyrrole nitrogens is 1. The van der Waals surface area contributed by atoms with Crippen molar-refractivity contribution in [3.8, 4) is 0 Å². The molecule has 0 aliphatic heterocycles. The van der Waals surface area contributed by atoms with E-state index in [2.05, 4.69) is 15.3 Å². The van der Waals surface area contributed by atoms with Crippen LogP contribution in [0.25, 0.3) is 0 Å². The van der Waals surface area contributed by atoms with E-state index in [9.17, 15) is 19.5 Å². The first-order valence-electron chi connectivity index (χ1n) is 9.31. The summed E-state index contributed by atoms with van der Waals surface area (Å²) in [5.74, 6) is -1.86. The van der Waals surface area contributed by atoms with E-state index in [1.54, 1.807) is 6.20 Å². The molecule has 1 aromatic carbocycles. The van der Waals surface area contributed by atoms with Gasteiger partial charge in [-0.05, 0) is 36.4 Å². The lowest BCUT2D eigenvalue weighted by molar-refractivity contribution is -0.143. The lowest BCUT2D eigenvalue weighted by Crippen LogP contribution is -2.52. The molecule has 0 aliphatic carbocycles. The molecule has 0 fully saturated rings. The lowest BCUT2D eigenvalue weighted by atomic mass is 10.0. The van der Waals surface area contributed by atoms with Gasteiger partial charge in [0.15, 0.2) is 0 Å². The van der Waals surface area contributed by atoms with Crippen LogP contribution in [0.1, 0.15) is 32.9 Å². The molecule has 0 unspecified atom stereocenters. The van der Waals surface area contributed by atoms with E-state index in [1.807, 2.05) is 44.2 Å². The number of imidazole rings is 1. The number of aromatic amines is 1. The van der Waals surface area contributed by atoms with Gasteiger partial charge in [-0.2, -0.15) is 0 Å². The molecule has 9 heteroatoms. The standard InChI is InChI=1S/C20H26N4O4S/c1-13(2)9-17(20(27)28)23-19(26)18(10-15-11-21-12-22-15)24(14(3)25)29-16-7-5-4-6-8-16/h4-8,11-13,17-18H,9-10H2,1-3H3,(H,21,22)(H,23,26)(H,27,28)/t17-,18-/m0/s1. The fraction of sp³-hybridized carbons (Fsp3) is 0.400. The van der Waals surface area contributed by atoms with Crippen LogP contribution in [-0.2, 0) is 20.8 Å². The molecule has 0 saturated carbocycles. The Morgan fingerprint density at radius 1 is 1.24 bits per heavy atom. The number of carbonyl (C=O) groups excluding carboxylic acids is 2. The van der Waals surface area contributed by atoms with Crippen LogP contribution < -0.4 is 5.32 Å². The maximum atomic E-state index is 13.1. The molecule has 0 saturated heterocycles. The lowest BCUT2D eigenvalue weighted by Gasteiger charge is -2.29. The largest absolute Gasteiger partial charge is 0.480 e. The third-order valence-electron chi connectivity index (χ3n) is 4.12. The van der Waals surface area contributed by atoms with Gasteiger partial charge in [0.05, 0.1) is 12.0 Å². The first-order chi connectivity index (χ1) is 13.8. The topological polar surface area (TPSA) is 115 Å². The molecule has 0 aliphatic rings. The third kappa shape index (κ3) is 6.94. The number of rotatable bonds is 10. The Balaban J connectivity index is 2.29. The summed E-state index contributed by atoms with van der Waals surface area (Å²) in [6.07, 6.45) is 3.59. The van der Waals surface area contributed by atoms with Gasteiger partial charge < -0.3 is 15.4 Å². The summed E-state index contributed by atoms with van der Waals surface area (Å²) >= 11 is 1.14. The summed E-state index contributed by atoms with van der Waals surface area (Å²) in [6, 6.07) is 7.26. The molecule has 8 nitrogen and oxygen atoms in total. The molecular weight excluding hydrogens is 392 g/mol. The predicted molar refractivity (Wildman–Crippen MR) is 110 cm³/mol. The molecule has 3 N–H and O–H groups in total. The van der Waals surface area contributed by atoms with Crippen molar-refractivity contribution in [1.29, 1.82) is 0 Å². The van der Waals surface area contributed by atoms with Crippen molar-refractivity contribution in [2.45, 2.75) is 50.6 Å². The van der Waals surface area contributed by atoms with Gasteiger partial charge in [-0.25, -0.2) is 9.78 Å².